The van der Waals surface area contributed by atoms with Gasteiger partial charge in [-0.15, -0.1) is 0 Å². The van der Waals surface area contributed by atoms with Crippen molar-refractivity contribution in [3.63, 3.8) is 0 Å². The lowest BCUT2D eigenvalue weighted by atomic mass is 9.95. The first-order valence-electron chi connectivity index (χ1n) is 5.62. The number of aliphatic hydroxyl groups is 2. The Hall–Kier alpha value is -1.11. The van der Waals surface area contributed by atoms with Gasteiger partial charge in [0, 0.05) is 18.6 Å². The Labute approximate surface area is 110 Å². The lowest BCUT2D eigenvalue weighted by Gasteiger charge is -2.22. The third-order valence-electron chi connectivity index (χ3n) is 2.48. The summed E-state index contributed by atoms with van der Waals surface area (Å²) in [6.07, 6.45) is 1.44. The summed E-state index contributed by atoms with van der Waals surface area (Å²) < 4.78 is 1.10. The molecule has 0 saturated carbocycles. The molecule has 1 heterocycles. The minimum absolute atomic E-state index is 0.0205. The molecule has 0 atom stereocenters. The van der Waals surface area contributed by atoms with Crippen LogP contribution in [-0.2, 0) is 6.54 Å². The number of nitrogens with zero attached hydrogens (tertiary/aromatic N) is 2. The first kappa shape index (κ1) is 14.9. The van der Waals surface area contributed by atoms with Crippen molar-refractivity contribution in [3.05, 3.63) is 21.6 Å². The van der Waals surface area contributed by atoms with Gasteiger partial charge in [0.2, 0.25) is 0 Å². The van der Waals surface area contributed by atoms with Gasteiger partial charge in [0.25, 0.3) is 5.56 Å². The minimum atomic E-state index is -0.447. The van der Waals surface area contributed by atoms with Crippen LogP contribution in [0.15, 0.2) is 11.0 Å². The zero-order chi connectivity index (χ0) is 13.8. The molecule has 7 heteroatoms. The predicted octanol–water partition coefficient (Wildman–Crippen LogP) is 0.319. The van der Waals surface area contributed by atoms with E-state index in [1.807, 2.05) is 13.8 Å². The van der Waals surface area contributed by atoms with Crippen LogP contribution < -0.4 is 10.9 Å². The summed E-state index contributed by atoms with van der Waals surface area (Å²) in [4.78, 5) is 11.7. The number of anilines is 1. The van der Waals surface area contributed by atoms with E-state index in [2.05, 4.69) is 10.4 Å². The van der Waals surface area contributed by atoms with E-state index < -0.39 is 5.56 Å². The molecule has 0 fully saturated rings. The highest BCUT2D eigenvalue weighted by atomic mass is 35.5. The van der Waals surface area contributed by atoms with Crippen molar-refractivity contribution >= 4 is 17.3 Å². The van der Waals surface area contributed by atoms with Gasteiger partial charge in [-0.2, -0.15) is 5.10 Å². The molecule has 0 radical (unpaired) electrons. The van der Waals surface area contributed by atoms with Crippen LogP contribution >= 0.6 is 11.6 Å². The molecule has 1 rings (SSSR count). The molecule has 18 heavy (non-hydrogen) atoms. The fraction of sp³-hybridized carbons (Fsp3) is 0.636. The van der Waals surface area contributed by atoms with Crippen molar-refractivity contribution in [2.75, 3.05) is 25.1 Å². The van der Waals surface area contributed by atoms with Gasteiger partial charge in [0.05, 0.1) is 25.0 Å². The molecule has 0 aliphatic rings. The molecule has 1 aromatic heterocycles. The van der Waals surface area contributed by atoms with E-state index in [1.165, 1.54) is 6.20 Å². The van der Waals surface area contributed by atoms with E-state index >= 15 is 0 Å². The van der Waals surface area contributed by atoms with E-state index in [0.29, 0.717) is 12.2 Å². The third kappa shape index (κ3) is 3.69. The molecular weight excluding hydrogens is 258 g/mol. The Balaban J connectivity index is 2.86. The number of aromatic nitrogens is 2. The maximum absolute atomic E-state index is 11.7. The van der Waals surface area contributed by atoms with Crippen molar-refractivity contribution in [1.82, 2.24) is 9.78 Å². The summed E-state index contributed by atoms with van der Waals surface area (Å²) in [7, 11) is 0. The molecule has 102 valence electrons. The molecule has 0 bridgehead atoms. The smallest absolute Gasteiger partial charge is 0.287 e. The van der Waals surface area contributed by atoms with Crippen molar-refractivity contribution in [3.8, 4) is 0 Å². The van der Waals surface area contributed by atoms with Crippen molar-refractivity contribution in [2.24, 2.45) is 5.41 Å². The largest absolute Gasteiger partial charge is 0.396 e. The molecular formula is C11H18ClN3O3. The average molecular weight is 276 g/mol. The molecule has 0 aromatic carbocycles. The Morgan fingerprint density at radius 2 is 2.17 bits per heavy atom. The van der Waals surface area contributed by atoms with Crippen LogP contribution in [0.5, 0.6) is 0 Å². The molecule has 0 unspecified atom stereocenters. The van der Waals surface area contributed by atoms with E-state index in [1.54, 1.807) is 0 Å². The maximum atomic E-state index is 11.7. The van der Waals surface area contributed by atoms with Crippen LogP contribution in [-0.4, -0.2) is 39.8 Å². The normalized spacial score (nSPS) is 11.6. The first-order chi connectivity index (χ1) is 8.41. The number of rotatable bonds is 6. The Kier molecular flexibility index (Phi) is 5.13. The van der Waals surface area contributed by atoms with Gasteiger partial charge in [-0.25, -0.2) is 4.68 Å². The third-order valence-corrected chi connectivity index (χ3v) is 2.85. The summed E-state index contributed by atoms with van der Waals surface area (Å²) >= 11 is 5.93. The number of hydrogen-bond acceptors (Lipinski definition) is 5. The van der Waals surface area contributed by atoms with Crippen LogP contribution in [0.25, 0.3) is 0 Å². The monoisotopic (exact) mass is 275 g/mol. The number of hydrogen-bond donors (Lipinski definition) is 3. The van der Waals surface area contributed by atoms with Crippen molar-refractivity contribution in [2.45, 2.75) is 20.4 Å². The number of halogens is 1. The second kappa shape index (κ2) is 6.17. The molecule has 0 aliphatic carbocycles. The van der Waals surface area contributed by atoms with Crippen molar-refractivity contribution in [1.29, 1.82) is 0 Å². The fourth-order valence-corrected chi connectivity index (χ4v) is 1.45. The molecule has 0 amide bonds. The van der Waals surface area contributed by atoms with Crippen LogP contribution in [0, 0.1) is 5.41 Å². The predicted molar refractivity (Wildman–Crippen MR) is 69.9 cm³/mol. The highest BCUT2D eigenvalue weighted by Crippen LogP contribution is 2.19. The lowest BCUT2D eigenvalue weighted by Crippen LogP contribution is -2.29. The van der Waals surface area contributed by atoms with Crippen LogP contribution in [0.1, 0.15) is 13.8 Å². The van der Waals surface area contributed by atoms with E-state index in [0.717, 1.165) is 4.68 Å². The first-order valence-corrected chi connectivity index (χ1v) is 6.00. The quantitative estimate of drug-likeness (QED) is 0.696. The second-order valence-electron chi connectivity index (χ2n) is 4.80. The van der Waals surface area contributed by atoms with Gasteiger partial charge in [-0.3, -0.25) is 4.79 Å². The molecule has 0 aliphatic heterocycles. The summed E-state index contributed by atoms with van der Waals surface area (Å²) in [5, 5.41) is 24.8. The topological polar surface area (TPSA) is 87.4 Å². The zero-order valence-electron chi connectivity index (χ0n) is 10.5. The summed E-state index contributed by atoms with van der Waals surface area (Å²) in [6, 6.07) is 0. The van der Waals surface area contributed by atoms with Crippen molar-refractivity contribution < 1.29 is 10.2 Å². The van der Waals surface area contributed by atoms with Gasteiger partial charge in [-0.1, -0.05) is 25.4 Å². The maximum Gasteiger partial charge on any atom is 0.287 e. The zero-order valence-corrected chi connectivity index (χ0v) is 11.2. The lowest BCUT2D eigenvalue weighted by molar-refractivity contribution is 0.171. The summed E-state index contributed by atoms with van der Waals surface area (Å²) in [5.41, 5.74) is -0.335. The standard InChI is InChI=1S/C11H18ClN3O3/c1-11(2,7-17)6-13-8-5-14-15(3-4-16)10(18)9(8)12/h5,13,16-17H,3-4,6-7H2,1-2H3. The van der Waals surface area contributed by atoms with Gasteiger partial charge in [-0.05, 0) is 0 Å². The minimum Gasteiger partial charge on any atom is -0.396 e. The Bertz CT molecular complexity index is 459. The van der Waals surface area contributed by atoms with Crippen LogP contribution in [0.2, 0.25) is 5.02 Å². The molecule has 3 N–H and O–H groups in total. The summed E-state index contributed by atoms with van der Waals surface area (Å²) in [5.74, 6) is 0. The molecule has 6 nitrogen and oxygen atoms in total. The highest BCUT2D eigenvalue weighted by molar-refractivity contribution is 6.32. The van der Waals surface area contributed by atoms with E-state index in [4.69, 9.17) is 21.8 Å². The van der Waals surface area contributed by atoms with E-state index in [9.17, 15) is 4.79 Å². The van der Waals surface area contributed by atoms with Gasteiger partial charge < -0.3 is 15.5 Å². The Morgan fingerprint density at radius 1 is 1.50 bits per heavy atom. The van der Waals surface area contributed by atoms with Crippen LogP contribution in [0.3, 0.4) is 0 Å². The average Bonchev–Trinajstić information content (AvgIpc) is 2.34. The molecule has 0 saturated heterocycles. The summed E-state index contributed by atoms with van der Waals surface area (Å²) in [6.45, 7) is 4.19. The van der Waals surface area contributed by atoms with Gasteiger partial charge in [0.1, 0.15) is 5.02 Å². The number of aliphatic hydroxyl groups excluding tert-OH is 2. The highest BCUT2D eigenvalue weighted by Gasteiger charge is 2.17. The fourth-order valence-electron chi connectivity index (χ4n) is 1.23. The SMILES string of the molecule is CC(C)(CO)CNc1cnn(CCO)c(=O)c1Cl. The van der Waals surface area contributed by atoms with Crippen LogP contribution in [0.4, 0.5) is 5.69 Å². The molecule has 0 spiro atoms. The van der Waals surface area contributed by atoms with Gasteiger partial charge >= 0.3 is 0 Å². The number of nitrogens with one attached hydrogen (secondary N) is 1. The van der Waals surface area contributed by atoms with E-state index in [-0.39, 0.29) is 30.2 Å². The Morgan fingerprint density at radius 3 is 2.72 bits per heavy atom. The van der Waals surface area contributed by atoms with Gasteiger partial charge in [0.15, 0.2) is 0 Å². The second-order valence-corrected chi connectivity index (χ2v) is 5.18. The molecule has 1 aromatic rings.